The number of hydrogen-bond acceptors (Lipinski definition) is 3. The molecule has 0 rings (SSSR count). The van der Waals surface area contributed by atoms with Crippen molar-refractivity contribution in [2.45, 2.75) is 90.9 Å². The van der Waals surface area contributed by atoms with Crippen LogP contribution < -0.4 is 0 Å². The zero-order valence-electron chi connectivity index (χ0n) is 17.2. The number of carbonyl (C=O) groups excluding carboxylic acids is 1. The highest BCUT2D eigenvalue weighted by atomic mass is 16.5. The van der Waals surface area contributed by atoms with Gasteiger partial charge in [0.25, 0.3) is 0 Å². The Kier molecular flexibility index (Phi) is 19.2. The lowest BCUT2D eigenvalue weighted by Crippen LogP contribution is -2.36. The molecule has 4 heteroatoms. The van der Waals surface area contributed by atoms with Crippen LogP contribution in [0.15, 0.2) is 0 Å². The van der Waals surface area contributed by atoms with E-state index in [1.165, 1.54) is 64.2 Å². The van der Waals surface area contributed by atoms with E-state index >= 15 is 0 Å². The van der Waals surface area contributed by atoms with Crippen molar-refractivity contribution in [1.82, 2.24) is 4.90 Å². The van der Waals surface area contributed by atoms with Gasteiger partial charge in [-0.3, -0.25) is 4.79 Å². The van der Waals surface area contributed by atoms with Crippen LogP contribution in [0.3, 0.4) is 0 Å². The van der Waals surface area contributed by atoms with Crippen LogP contribution in [-0.2, 0) is 14.3 Å². The summed E-state index contributed by atoms with van der Waals surface area (Å²) in [5.41, 5.74) is 0. The summed E-state index contributed by atoms with van der Waals surface area (Å²) in [6, 6.07) is 0. The van der Waals surface area contributed by atoms with E-state index in [2.05, 4.69) is 13.8 Å². The summed E-state index contributed by atoms with van der Waals surface area (Å²) in [6.45, 7) is 7.47. The van der Waals surface area contributed by atoms with Crippen LogP contribution in [0.2, 0.25) is 0 Å². The van der Waals surface area contributed by atoms with Crippen molar-refractivity contribution in [3.63, 3.8) is 0 Å². The van der Waals surface area contributed by atoms with Gasteiger partial charge in [-0.15, -0.1) is 0 Å². The second-order valence-electron chi connectivity index (χ2n) is 6.96. The molecule has 0 aromatic carbocycles. The lowest BCUT2D eigenvalue weighted by atomic mass is 10.1. The van der Waals surface area contributed by atoms with E-state index in [0.29, 0.717) is 13.2 Å². The molecular weight excluding hydrogens is 314 g/mol. The molecule has 0 bridgehead atoms. The Balaban J connectivity index is 4.00. The SMILES string of the molecule is CCCCCCCCN(CCCCCCCC)C(=O)COCCOC. The molecule has 1 amide bonds. The maximum atomic E-state index is 12.4. The van der Waals surface area contributed by atoms with Gasteiger partial charge in [0.2, 0.25) is 5.91 Å². The smallest absolute Gasteiger partial charge is 0.248 e. The molecule has 0 atom stereocenters. The molecule has 0 saturated heterocycles. The molecule has 0 aliphatic rings. The number of nitrogens with zero attached hydrogens (tertiary/aromatic N) is 1. The van der Waals surface area contributed by atoms with Crippen LogP contribution in [0.25, 0.3) is 0 Å². The van der Waals surface area contributed by atoms with Gasteiger partial charge in [0.1, 0.15) is 6.61 Å². The number of rotatable bonds is 19. The lowest BCUT2D eigenvalue weighted by molar-refractivity contribution is -0.136. The topological polar surface area (TPSA) is 38.8 Å². The van der Waals surface area contributed by atoms with Gasteiger partial charge < -0.3 is 14.4 Å². The van der Waals surface area contributed by atoms with Crippen molar-refractivity contribution in [1.29, 1.82) is 0 Å². The van der Waals surface area contributed by atoms with E-state index in [4.69, 9.17) is 9.47 Å². The summed E-state index contributed by atoms with van der Waals surface area (Å²) in [7, 11) is 1.65. The van der Waals surface area contributed by atoms with Crippen LogP contribution in [0.1, 0.15) is 90.9 Å². The maximum absolute atomic E-state index is 12.4. The Labute approximate surface area is 156 Å². The van der Waals surface area contributed by atoms with E-state index < -0.39 is 0 Å². The Hall–Kier alpha value is -0.610. The Morgan fingerprint density at radius 3 is 1.68 bits per heavy atom. The number of ether oxygens (including phenoxy) is 2. The molecule has 0 heterocycles. The quantitative estimate of drug-likeness (QED) is 0.298. The third kappa shape index (κ3) is 16.6. The monoisotopic (exact) mass is 357 g/mol. The van der Waals surface area contributed by atoms with E-state index in [0.717, 1.165) is 25.9 Å². The fraction of sp³-hybridized carbons (Fsp3) is 0.952. The first-order valence-electron chi connectivity index (χ1n) is 10.6. The first-order chi connectivity index (χ1) is 12.3. The molecule has 150 valence electrons. The number of amides is 1. The van der Waals surface area contributed by atoms with Crippen molar-refractivity contribution in [3.05, 3.63) is 0 Å². The largest absolute Gasteiger partial charge is 0.382 e. The van der Waals surface area contributed by atoms with Gasteiger partial charge in [0.15, 0.2) is 0 Å². The van der Waals surface area contributed by atoms with Crippen LogP contribution in [-0.4, -0.2) is 50.8 Å². The van der Waals surface area contributed by atoms with E-state index in [-0.39, 0.29) is 12.5 Å². The molecule has 0 N–H and O–H groups in total. The minimum Gasteiger partial charge on any atom is -0.382 e. The van der Waals surface area contributed by atoms with Crippen LogP contribution in [0, 0.1) is 0 Å². The molecule has 0 aliphatic heterocycles. The van der Waals surface area contributed by atoms with Gasteiger partial charge in [-0.25, -0.2) is 0 Å². The highest BCUT2D eigenvalue weighted by Crippen LogP contribution is 2.09. The van der Waals surface area contributed by atoms with Gasteiger partial charge in [-0.1, -0.05) is 78.1 Å². The molecule has 0 spiro atoms. The molecule has 0 aliphatic carbocycles. The highest BCUT2D eigenvalue weighted by Gasteiger charge is 2.13. The normalized spacial score (nSPS) is 11.0. The number of unbranched alkanes of at least 4 members (excludes halogenated alkanes) is 10. The van der Waals surface area contributed by atoms with Crippen molar-refractivity contribution >= 4 is 5.91 Å². The molecule has 0 saturated carbocycles. The molecule has 0 fully saturated rings. The third-order valence-electron chi connectivity index (χ3n) is 4.57. The molecule has 0 radical (unpaired) electrons. The van der Waals surface area contributed by atoms with Crippen molar-refractivity contribution in [2.75, 3.05) is 40.0 Å². The van der Waals surface area contributed by atoms with Gasteiger partial charge in [-0.05, 0) is 12.8 Å². The first kappa shape index (κ1) is 24.4. The van der Waals surface area contributed by atoms with Crippen molar-refractivity contribution in [2.24, 2.45) is 0 Å². The van der Waals surface area contributed by atoms with Gasteiger partial charge in [0.05, 0.1) is 13.2 Å². The Morgan fingerprint density at radius 1 is 0.720 bits per heavy atom. The number of carbonyl (C=O) groups is 1. The van der Waals surface area contributed by atoms with E-state index in [1.54, 1.807) is 7.11 Å². The lowest BCUT2D eigenvalue weighted by Gasteiger charge is -2.23. The predicted molar refractivity (Wildman–Crippen MR) is 106 cm³/mol. The van der Waals surface area contributed by atoms with Crippen molar-refractivity contribution in [3.8, 4) is 0 Å². The molecule has 0 aromatic rings. The minimum atomic E-state index is 0.137. The predicted octanol–water partition coefficient (Wildman–Crippen LogP) is 5.20. The average molecular weight is 358 g/mol. The molecule has 4 nitrogen and oxygen atoms in total. The number of methoxy groups -OCH3 is 1. The minimum absolute atomic E-state index is 0.137. The molecule has 25 heavy (non-hydrogen) atoms. The second-order valence-corrected chi connectivity index (χ2v) is 6.96. The summed E-state index contributed by atoms with van der Waals surface area (Å²) >= 11 is 0. The van der Waals surface area contributed by atoms with Crippen LogP contribution in [0.4, 0.5) is 0 Å². The van der Waals surface area contributed by atoms with Crippen LogP contribution in [0.5, 0.6) is 0 Å². The van der Waals surface area contributed by atoms with Crippen LogP contribution >= 0.6 is 0 Å². The highest BCUT2D eigenvalue weighted by molar-refractivity contribution is 5.77. The Morgan fingerprint density at radius 2 is 1.20 bits per heavy atom. The maximum Gasteiger partial charge on any atom is 0.248 e. The summed E-state index contributed by atoms with van der Waals surface area (Å²) in [5, 5.41) is 0. The van der Waals surface area contributed by atoms with Gasteiger partial charge in [0, 0.05) is 20.2 Å². The van der Waals surface area contributed by atoms with E-state index in [1.807, 2.05) is 4.90 Å². The molecular formula is C21H43NO3. The van der Waals surface area contributed by atoms with E-state index in [9.17, 15) is 4.79 Å². The number of hydrogen-bond donors (Lipinski definition) is 0. The fourth-order valence-corrected chi connectivity index (χ4v) is 2.92. The zero-order valence-corrected chi connectivity index (χ0v) is 17.2. The summed E-state index contributed by atoms with van der Waals surface area (Å²) in [5.74, 6) is 0.137. The second kappa shape index (κ2) is 19.7. The van der Waals surface area contributed by atoms with Gasteiger partial charge in [-0.2, -0.15) is 0 Å². The third-order valence-corrected chi connectivity index (χ3v) is 4.57. The molecule has 0 unspecified atom stereocenters. The summed E-state index contributed by atoms with van der Waals surface area (Å²) in [6.07, 6.45) is 15.1. The Bertz CT molecular complexity index is 268. The molecule has 0 aromatic heterocycles. The standard InChI is InChI=1S/C21H43NO3/c1-4-6-8-10-12-14-16-22(17-15-13-11-9-7-5-2)21(23)20-25-19-18-24-3/h4-20H2,1-3H3. The average Bonchev–Trinajstić information content (AvgIpc) is 2.62. The zero-order chi connectivity index (χ0) is 18.6. The summed E-state index contributed by atoms with van der Waals surface area (Å²) in [4.78, 5) is 14.4. The van der Waals surface area contributed by atoms with Crippen molar-refractivity contribution < 1.29 is 14.3 Å². The summed E-state index contributed by atoms with van der Waals surface area (Å²) < 4.78 is 10.4. The van der Waals surface area contributed by atoms with Gasteiger partial charge >= 0.3 is 0 Å². The fourth-order valence-electron chi connectivity index (χ4n) is 2.92. The first-order valence-corrected chi connectivity index (χ1v) is 10.6.